The number of rotatable bonds is 6. The molecule has 182 valence electrons. The van der Waals surface area contributed by atoms with Crippen molar-refractivity contribution in [1.29, 1.82) is 0 Å². The van der Waals surface area contributed by atoms with E-state index in [2.05, 4.69) is 26.3 Å². The molecule has 7 nitrogen and oxygen atoms in total. The Morgan fingerprint density at radius 2 is 1.64 bits per heavy atom. The zero-order valence-corrected chi connectivity index (χ0v) is 20.7. The Kier molecular flexibility index (Phi) is 7.00. The van der Waals surface area contributed by atoms with E-state index in [0.29, 0.717) is 29.6 Å². The maximum absolute atomic E-state index is 13.1. The van der Waals surface area contributed by atoms with E-state index < -0.39 is 0 Å². The molecule has 0 bridgehead atoms. The Morgan fingerprint density at radius 3 is 2.36 bits per heavy atom. The molecule has 0 saturated carbocycles. The van der Waals surface area contributed by atoms with Gasteiger partial charge in [0.25, 0.3) is 5.91 Å². The Labute approximate surface area is 215 Å². The summed E-state index contributed by atoms with van der Waals surface area (Å²) in [7, 11) is 1.68. The van der Waals surface area contributed by atoms with Crippen LogP contribution in [0.15, 0.2) is 85.1 Å². The van der Waals surface area contributed by atoms with Gasteiger partial charge in [0.2, 0.25) is 5.95 Å². The highest BCUT2D eigenvalue weighted by atomic mass is 35.5. The van der Waals surface area contributed by atoms with Crippen LogP contribution in [0.4, 0.5) is 17.3 Å². The van der Waals surface area contributed by atoms with Gasteiger partial charge in [-0.15, -0.1) is 0 Å². The summed E-state index contributed by atoms with van der Waals surface area (Å²) in [4.78, 5) is 26.1. The highest BCUT2D eigenvalue weighted by molar-refractivity contribution is 6.30. The van der Waals surface area contributed by atoms with Crippen molar-refractivity contribution >= 4 is 34.8 Å². The Hall–Kier alpha value is -4.10. The lowest BCUT2D eigenvalue weighted by atomic mass is 10.1. The second kappa shape index (κ2) is 10.7. The smallest absolute Gasteiger partial charge is 0.253 e. The number of methoxy groups -OCH3 is 1. The van der Waals surface area contributed by atoms with Gasteiger partial charge < -0.3 is 19.9 Å². The molecule has 2 heterocycles. The van der Waals surface area contributed by atoms with Gasteiger partial charge in [0.1, 0.15) is 5.75 Å². The largest absolute Gasteiger partial charge is 0.495 e. The van der Waals surface area contributed by atoms with Gasteiger partial charge in [-0.1, -0.05) is 35.9 Å². The Morgan fingerprint density at radius 1 is 0.917 bits per heavy atom. The van der Waals surface area contributed by atoms with Crippen molar-refractivity contribution in [3.63, 3.8) is 0 Å². The first-order valence-corrected chi connectivity index (χ1v) is 12.1. The first-order chi connectivity index (χ1) is 17.6. The van der Waals surface area contributed by atoms with Crippen LogP contribution in [-0.4, -0.2) is 54.1 Å². The van der Waals surface area contributed by atoms with Crippen LogP contribution >= 0.6 is 11.6 Å². The van der Waals surface area contributed by atoms with Crippen molar-refractivity contribution in [3.8, 4) is 17.0 Å². The number of aromatic nitrogens is 2. The minimum atomic E-state index is 0.0298. The van der Waals surface area contributed by atoms with Crippen molar-refractivity contribution in [2.24, 2.45) is 0 Å². The lowest BCUT2D eigenvalue weighted by molar-refractivity contribution is 0.0746. The van der Waals surface area contributed by atoms with Crippen LogP contribution in [0.1, 0.15) is 10.4 Å². The first-order valence-electron chi connectivity index (χ1n) is 11.7. The fraction of sp³-hybridized carbons (Fsp3) is 0.179. The van der Waals surface area contributed by atoms with E-state index in [9.17, 15) is 4.79 Å². The summed E-state index contributed by atoms with van der Waals surface area (Å²) in [6.45, 7) is 2.82. The molecule has 0 unspecified atom stereocenters. The van der Waals surface area contributed by atoms with Gasteiger partial charge in [0.05, 0.1) is 18.5 Å². The van der Waals surface area contributed by atoms with Gasteiger partial charge in [-0.3, -0.25) is 4.79 Å². The molecule has 1 aliphatic heterocycles. The average molecular weight is 500 g/mol. The number of hydrogen-bond acceptors (Lipinski definition) is 6. The number of anilines is 3. The number of para-hydroxylation sites is 2. The van der Waals surface area contributed by atoms with Gasteiger partial charge in [0, 0.05) is 54.2 Å². The molecule has 8 heteroatoms. The molecule has 0 spiro atoms. The van der Waals surface area contributed by atoms with E-state index in [-0.39, 0.29) is 5.91 Å². The number of hydrogen-bond donors (Lipinski definition) is 1. The number of nitrogens with one attached hydrogen (secondary N) is 1. The number of ether oxygens (including phenoxy) is 1. The second-order valence-corrected chi connectivity index (χ2v) is 8.86. The summed E-state index contributed by atoms with van der Waals surface area (Å²) in [6, 6.07) is 24.7. The number of halogens is 1. The van der Waals surface area contributed by atoms with Gasteiger partial charge >= 0.3 is 0 Å². The highest BCUT2D eigenvalue weighted by Crippen LogP contribution is 2.28. The molecule has 1 N–H and O–H groups in total. The van der Waals surface area contributed by atoms with Crippen molar-refractivity contribution in [1.82, 2.24) is 14.9 Å². The standard InChI is InChI=1S/C28H26ClN5O2/c1-36-26-5-3-2-4-25(26)33-16-18-34(19-17-33)27(35)21-8-12-23(13-9-21)31-28-30-15-14-24(32-28)20-6-10-22(29)11-7-20/h2-15H,16-19H2,1H3,(H,30,31,32). The maximum Gasteiger partial charge on any atom is 0.253 e. The lowest BCUT2D eigenvalue weighted by Gasteiger charge is -2.36. The molecule has 1 amide bonds. The van der Waals surface area contributed by atoms with E-state index in [4.69, 9.17) is 16.3 Å². The number of benzene rings is 3. The molecular weight excluding hydrogens is 474 g/mol. The van der Waals surface area contributed by atoms with Crippen LogP contribution in [0.2, 0.25) is 5.02 Å². The summed E-state index contributed by atoms with van der Waals surface area (Å²) in [6.07, 6.45) is 1.71. The van der Waals surface area contributed by atoms with E-state index in [0.717, 1.165) is 41.5 Å². The quantitative estimate of drug-likeness (QED) is 0.377. The van der Waals surface area contributed by atoms with Crippen LogP contribution in [0, 0.1) is 0 Å². The molecule has 0 aliphatic carbocycles. The van der Waals surface area contributed by atoms with E-state index in [1.807, 2.05) is 77.7 Å². The molecule has 0 atom stereocenters. The lowest BCUT2D eigenvalue weighted by Crippen LogP contribution is -2.48. The fourth-order valence-corrected chi connectivity index (χ4v) is 4.38. The van der Waals surface area contributed by atoms with Gasteiger partial charge in [-0.05, 0) is 54.6 Å². The van der Waals surface area contributed by atoms with Crippen LogP contribution < -0.4 is 15.0 Å². The molecule has 1 saturated heterocycles. The summed E-state index contributed by atoms with van der Waals surface area (Å²) < 4.78 is 5.49. The minimum absolute atomic E-state index is 0.0298. The molecule has 3 aromatic carbocycles. The highest BCUT2D eigenvalue weighted by Gasteiger charge is 2.23. The summed E-state index contributed by atoms with van der Waals surface area (Å²) in [5, 5.41) is 3.89. The first kappa shape index (κ1) is 23.6. The maximum atomic E-state index is 13.1. The zero-order valence-electron chi connectivity index (χ0n) is 19.9. The average Bonchev–Trinajstić information content (AvgIpc) is 2.94. The van der Waals surface area contributed by atoms with Crippen molar-refractivity contribution in [2.75, 3.05) is 43.5 Å². The summed E-state index contributed by atoms with van der Waals surface area (Å²) in [5.74, 6) is 1.36. The van der Waals surface area contributed by atoms with E-state index >= 15 is 0 Å². The van der Waals surface area contributed by atoms with Crippen LogP contribution in [0.25, 0.3) is 11.3 Å². The molecular formula is C28H26ClN5O2. The number of amides is 1. The molecule has 5 rings (SSSR count). The number of carbonyl (C=O) groups is 1. The fourth-order valence-electron chi connectivity index (χ4n) is 4.25. The predicted molar refractivity (Wildman–Crippen MR) is 143 cm³/mol. The number of carbonyl (C=O) groups excluding carboxylic acids is 1. The third kappa shape index (κ3) is 5.26. The van der Waals surface area contributed by atoms with Crippen molar-refractivity contribution in [3.05, 3.63) is 95.6 Å². The molecule has 1 fully saturated rings. The topological polar surface area (TPSA) is 70.6 Å². The van der Waals surface area contributed by atoms with Crippen LogP contribution in [0.3, 0.4) is 0 Å². The zero-order chi connectivity index (χ0) is 24.9. The molecule has 1 aromatic heterocycles. The predicted octanol–water partition coefficient (Wildman–Crippen LogP) is 5.51. The Balaban J connectivity index is 1.21. The minimum Gasteiger partial charge on any atom is -0.495 e. The van der Waals surface area contributed by atoms with Gasteiger partial charge in [0.15, 0.2) is 0 Å². The normalized spacial score (nSPS) is 13.4. The van der Waals surface area contributed by atoms with Crippen molar-refractivity contribution < 1.29 is 9.53 Å². The molecule has 36 heavy (non-hydrogen) atoms. The van der Waals surface area contributed by atoms with Gasteiger partial charge in [-0.25, -0.2) is 9.97 Å². The summed E-state index contributed by atoms with van der Waals surface area (Å²) >= 11 is 5.99. The van der Waals surface area contributed by atoms with Crippen LogP contribution in [0.5, 0.6) is 5.75 Å². The van der Waals surface area contributed by atoms with E-state index in [1.54, 1.807) is 13.3 Å². The third-order valence-corrected chi connectivity index (χ3v) is 6.43. The van der Waals surface area contributed by atoms with Crippen molar-refractivity contribution in [2.45, 2.75) is 0 Å². The van der Waals surface area contributed by atoms with Gasteiger partial charge in [-0.2, -0.15) is 0 Å². The SMILES string of the molecule is COc1ccccc1N1CCN(C(=O)c2ccc(Nc3nccc(-c4ccc(Cl)cc4)n3)cc2)CC1. The number of nitrogens with zero attached hydrogens (tertiary/aromatic N) is 4. The second-order valence-electron chi connectivity index (χ2n) is 8.43. The van der Waals surface area contributed by atoms with Crippen LogP contribution in [-0.2, 0) is 0 Å². The van der Waals surface area contributed by atoms with E-state index in [1.165, 1.54) is 0 Å². The summed E-state index contributed by atoms with van der Waals surface area (Å²) in [5.41, 5.74) is 4.27. The Bertz CT molecular complexity index is 1340. The molecule has 0 radical (unpaired) electrons. The monoisotopic (exact) mass is 499 g/mol. The molecule has 4 aromatic rings. The third-order valence-electron chi connectivity index (χ3n) is 6.18. The molecule has 1 aliphatic rings. The number of piperazine rings is 1.